The van der Waals surface area contributed by atoms with E-state index in [1.165, 1.54) is 12.1 Å². The van der Waals surface area contributed by atoms with Crippen LogP contribution in [-0.4, -0.2) is 9.97 Å². The van der Waals surface area contributed by atoms with Gasteiger partial charge in [-0.2, -0.15) is 4.98 Å². The van der Waals surface area contributed by atoms with Crippen molar-refractivity contribution in [1.82, 2.24) is 9.97 Å². The van der Waals surface area contributed by atoms with Crippen molar-refractivity contribution < 1.29 is 4.39 Å². The van der Waals surface area contributed by atoms with Crippen molar-refractivity contribution in [3.63, 3.8) is 0 Å². The van der Waals surface area contributed by atoms with Crippen molar-refractivity contribution in [1.29, 1.82) is 0 Å². The Balaban J connectivity index is 2.13. The highest BCUT2D eigenvalue weighted by atomic mass is 35.5. The second-order valence-electron chi connectivity index (χ2n) is 3.82. The monoisotopic (exact) mass is 266 g/mol. The largest absolute Gasteiger partial charge is 0.394 e. The summed E-state index contributed by atoms with van der Waals surface area (Å²) in [6.07, 6.45) is 0. The highest BCUT2D eigenvalue weighted by molar-refractivity contribution is 6.28. The Morgan fingerprint density at radius 2 is 1.94 bits per heavy atom. The molecule has 0 bridgehead atoms. The first-order chi connectivity index (χ1) is 8.56. The molecule has 0 fully saturated rings. The number of anilines is 2. The van der Waals surface area contributed by atoms with Crippen molar-refractivity contribution in [2.75, 3.05) is 11.1 Å². The first-order valence-electron chi connectivity index (χ1n) is 5.34. The van der Waals surface area contributed by atoms with E-state index in [2.05, 4.69) is 15.3 Å². The van der Waals surface area contributed by atoms with Gasteiger partial charge >= 0.3 is 0 Å². The molecule has 94 valence electrons. The molecule has 1 aromatic carbocycles. The van der Waals surface area contributed by atoms with Crippen LogP contribution in [-0.2, 0) is 6.54 Å². The number of nitrogen functional groups attached to an aromatic ring is 1. The Kier molecular flexibility index (Phi) is 3.62. The first kappa shape index (κ1) is 12.6. The summed E-state index contributed by atoms with van der Waals surface area (Å²) in [6, 6.07) is 6.18. The van der Waals surface area contributed by atoms with E-state index >= 15 is 0 Å². The quantitative estimate of drug-likeness (QED) is 0.839. The van der Waals surface area contributed by atoms with E-state index in [-0.39, 0.29) is 11.1 Å². The highest BCUT2D eigenvalue weighted by Gasteiger charge is 2.07. The normalized spacial score (nSPS) is 10.4. The molecule has 0 aliphatic heterocycles. The van der Waals surface area contributed by atoms with Gasteiger partial charge in [-0.05, 0) is 36.2 Å². The molecule has 2 aromatic rings. The van der Waals surface area contributed by atoms with Crippen LogP contribution in [0, 0.1) is 12.7 Å². The zero-order valence-electron chi connectivity index (χ0n) is 9.74. The minimum Gasteiger partial charge on any atom is -0.394 e. The molecule has 0 radical (unpaired) electrons. The number of rotatable bonds is 3. The van der Waals surface area contributed by atoms with Crippen LogP contribution < -0.4 is 11.1 Å². The fourth-order valence-electron chi connectivity index (χ4n) is 1.47. The van der Waals surface area contributed by atoms with Crippen LogP contribution >= 0.6 is 11.6 Å². The maximum Gasteiger partial charge on any atom is 0.224 e. The summed E-state index contributed by atoms with van der Waals surface area (Å²) in [5, 5.41) is 3.19. The predicted octanol–water partition coefficient (Wildman–Crippen LogP) is 2.77. The van der Waals surface area contributed by atoms with Crippen LogP contribution in [0.1, 0.15) is 11.3 Å². The van der Waals surface area contributed by atoms with Gasteiger partial charge in [0, 0.05) is 6.54 Å². The van der Waals surface area contributed by atoms with Crippen LogP contribution in [0.3, 0.4) is 0 Å². The van der Waals surface area contributed by atoms with Crippen LogP contribution in [0.4, 0.5) is 15.9 Å². The number of nitrogens with one attached hydrogen (secondary N) is 1. The van der Waals surface area contributed by atoms with Crippen LogP contribution in [0.15, 0.2) is 24.3 Å². The fraction of sp³-hybridized carbons (Fsp3) is 0.167. The van der Waals surface area contributed by atoms with Gasteiger partial charge in [-0.15, -0.1) is 0 Å². The summed E-state index contributed by atoms with van der Waals surface area (Å²) in [5.41, 5.74) is 7.83. The molecule has 0 aliphatic rings. The molecule has 0 amide bonds. The molecule has 0 spiro atoms. The van der Waals surface area contributed by atoms with Gasteiger partial charge in [0.25, 0.3) is 0 Å². The molecule has 1 aromatic heterocycles. The SMILES string of the molecule is Cc1nc(Cl)nc(NCc2ccc(F)cc2)c1N. The number of nitrogens with zero attached hydrogens (tertiary/aromatic N) is 2. The molecule has 6 heteroatoms. The van der Waals surface area contributed by atoms with Crippen LogP contribution in [0.5, 0.6) is 0 Å². The molecule has 3 N–H and O–H groups in total. The summed E-state index contributed by atoms with van der Waals surface area (Å²) in [4.78, 5) is 7.95. The zero-order chi connectivity index (χ0) is 13.1. The van der Waals surface area contributed by atoms with Gasteiger partial charge < -0.3 is 11.1 Å². The molecular weight excluding hydrogens is 255 g/mol. The molecule has 0 unspecified atom stereocenters. The van der Waals surface area contributed by atoms with Gasteiger partial charge in [0.2, 0.25) is 5.28 Å². The van der Waals surface area contributed by atoms with E-state index in [0.29, 0.717) is 23.7 Å². The van der Waals surface area contributed by atoms with Crippen molar-refractivity contribution >= 4 is 23.1 Å². The van der Waals surface area contributed by atoms with E-state index in [1.807, 2.05) is 0 Å². The molecule has 18 heavy (non-hydrogen) atoms. The third kappa shape index (κ3) is 2.87. The average molecular weight is 267 g/mol. The summed E-state index contributed by atoms with van der Waals surface area (Å²) < 4.78 is 12.7. The van der Waals surface area contributed by atoms with Gasteiger partial charge in [-0.1, -0.05) is 12.1 Å². The van der Waals surface area contributed by atoms with E-state index in [4.69, 9.17) is 17.3 Å². The number of nitrogens with two attached hydrogens (primary N) is 1. The maximum atomic E-state index is 12.7. The Morgan fingerprint density at radius 3 is 2.61 bits per heavy atom. The first-order valence-corrected chi connectivity index (χ1v) is 5.72. The number of halogens is 2. The number of hydrogen-bond acceptors (Lipinski definition) is 4. The second kappa shape index (κ2) is 5.18. The molecule has 0 aliphatic carbocycles. The van der Waals surface area contributed by atoms with Crippen molar-refractivity contribution in [2.45, 2.75) is 13.5 Å². The van der Waals surface area contributed by atoms with Crippen molar-refractivity contribution in [3.05, 3.63) is 46.6 Å². The molecule has 4 nitrogen and oxygen atoms in total. The fourth-order valence-corrected chi connectivity index (χ4v) is 1.68. The highest BCUT2D eigenvalue weighted by Crippen LogP contribution is 2.21. The summed E-state index contributed by atoms with van der Waals surface area (Å²) in [6.45, 7) is 2.24. The average Bonchev–Trinajstić information content (AvgIpc) is 2.34. The molecule has 0 saturated carbocycles. The standard InChI is InChI=1S/C12H12ClFN4/c1-7-10(15)11(18-12(13)17-7)16-6-8-2-4-9(14)5-3-8/h2-5H,6,15H2,1H3,(H,16,17,18). The lowest BCUT2D eigenvalue weighted by atomic mass is 10.2. The molecule has 0 saturated heterocycles. The Labute approximate surface area is 109 Å². The van der Waals surface area contributed by atoms with Crippen LogP contribution in [0.2, 0.25) is 5.28 Å². The Hall–Kier alpha value is -1.88. The smallest absolute Gasteiger partial charge is 0.224 e. The number of aryl methyl sites for hydroxylation is 1. The van der Waals surface area contributed by atoms with E-state index in [9.17, 15) is 4.39 Å². The number of hydrogen-bond donors (Lipinski definition) is 2. The Bertz CT molecular complexity index is 557. The van der Waals surface area contributed by atoms with Gasteiger partial charge in [-0.3, -0.25) is 0 Å². The summed E-state index contributed by atoms with van der Waals surface area (Å²) in [5.74, 6) is 0.219. The molecular formula is C12H12ClFN4. The van der Waals surface area contributed by atoms with E-state index in [1.54, 1.807) is 19.1 Å². The lowest BCUT2D eigenvalue weighted by Crippen LogP contribution is -2.07. The van der Waals surface area contributed by atoms with Gasteiger partial charge in [0.15, 0.2) is 5.82 Å². The van der Waals surface area contributed by atoms with Crippen molar-refractivity contribution in [2.24, 2.45) is 0 Å². The lowest BCUT2D eigenvalue weighted by molar-refractivity contribution is 0.627. The zero-order valence-corrected chi connectivity index (χ0v) is 10.5. The third-order valence-corrected chi connectivity index (χ3v) is 2.65. The van der Waals surface area contributed by atoms with Crippen molar-refractivity contribution in [3.8, 4) is 0 Å². The number of benzene rings is 1. The Morgan fingerprint density at radius 1 is 1.28 bits per heavy atom. The van der Waals surface area contributed by atoms with E-state index in [0.717, 1.165) is 5.56 Å². The lowest BCUT2D eigenvalue weighted by Gasteiger charge is -2.10. The molecule has 2 rings (SSSR count). The maximum absolute atomic E-state index is 12.7. The van der Waals surface area contributed by atoms with Crippen LogP contribution in [0.25, 0.3) is 0 Å². The van der Waals surface area contributed by atoms with Gasteiger partial charge in [0.05, 0.1) is 11.4 Å². The number of aromatic nitrogens is 2. The minimum atomic E-state index is -0.265. The predicted molar refractivity (Wildman–Crippen MR) is 69.9 cm³/mol. The summed E-state index contributed by atoms with van der Waals surface area (Å²) >= 11 is 5.76. The summed E-state index contributed by atoms with van der Waals surface area (Å²) in [7, 11) is 0. The second-order valence-corrected chi connectivity index (χ2v) is 4.16. The topological polar surface area (TPSA) is 63.8 Å². The van der Waals surface area contributed by atoms with Gasteiger partial charge in [-0.25, -0.2) is 9.37 Å². The van der Waals surface area contributed by atoms with Gasteiger partial charge in [0.1, 0.15) is 5.82 Å². The van der Waals surface area contributed by atoms with E-state index < -0.39 is 0 Å². The molecule has 1 heterocycles. The third-order valence-electron chi connectivity index (χ3n) is 2.48. The minimum absolute atomic E-state index is 0.142. The molecule has 0 atom stereocenters.